The Bertz CT molecular complexity index is 934. The molecule has 160 valence electrons. The standard InChI is InChI=1S/C22H26FN3O4/c23-18-5-1-2-6-19(18)25-11-9-24(10-12-25)14-17-13-20(27)21(15-29-17)30-16-22(28)26-7-3-4-8-26/h1-2,5-6,13,15H,3-4,7-12,14,16H2/p+1. The first-order chi connectivity index (χ1) is 14.6. The molecule has 0 atom stereocenters. The monoisotopic (exact) mass is 416 g/mol. The van der Waals surface area contributed by atoms with Gasteiger partial charge in [0.15, 0.2) is 12.4 Å². The van der Waals surface area contributed by atoms with Crippen molar-refractivity contribution in [3.63, 3.8) is 0 Å². The van der Waals surface area contributed by atoms with Crippen LogP contribution < -0.4 is 20.0 Å². The van der Waals surface area contributed by atoms with E-state index in [1.807, 2.05) is 11.0 Å². The molecule has 2 aromatic rings. The van der Waals surface area contributed by atoms with E-state index in [2.05, 4.69) is 0 Å². The highest BCUT2D eigenvalue weighted by Gasteiger charge is 2.23. The lowest BCUT2D eigenvalue weighted by atomic mass is 10.2. The largest absolute Gasteiger partial charge is 0.477 e. The Kier molecular flexibility index (Phi) is 6.32. The number of hydrogen-bond donors (Lipinski definition) is 1. The van der Waals surface area contributed by atoms with Crippen LogP contribution in [0.3, 0.4) is 0 Å². The quantitative estimate of drug-likeness (QED) is 0.751. The van der Waals surface area contributed by atoms with Crippen molar-refractivity contribution in [2.75, 3.05) is 50.8 Å². The third kappa shape index (κ3) is 4.81. The van der Waals surface area contributed by atoms with Crippen LogP contribution >= 0.6 is 0 Å². The molecule has 1 aromatic heterocycles. The van der Waals surface area contributed by atoms with Gasteiger partial charge in [0.05, 0.1) is 31.9 Å². The highest BCUT2D eigenvalue weighted by atomic mass is 19.1. The smallest absolute Gasteiger partial charge is 0.260 e. The number of hydrogen-bond acceptors (Lipinski definition) is 5. The molecule has 1 amide bonds. The molecule has 0 aliphatic carbocycles. The van der Waals surface area contributed by atoms with E-state index in [1.165, 1.54) is 23.3 Å². The number of quaternary nitrogens is 1. The molecule has 2 fully saturated rings. The van der Waals surface area contributed by atoms with E-state index in [-0.39, 0.29) is 29.5 Å². The molecule has 8 heteroatoms. The molecule has 3 heterocycles. The van der Waals surface area contributed by atoms with Crippen molar-refractivity contribution in [3.05, 3.63) is 58.4 Å². The molecular formula is C22H27FN3O4+. The third-order valence-corrected chi connectivity index (χ3v) is 5.75. The van der Waals surface area contributed by atoms with Gasteiger partial charge in [0.1, 0.15) is 18.6 Å². The molecule has 0 spiro atoms. The number of carbonyl (C=O) groups excluding carboxylic acids is 1. The summed E-state index contributed by atoms with van der Waals surface area (Å²) in [6, 6.07) is 8.25. The Labute approximate surface area is 174 Å². The van der Waals surface area contributed by atoms with Crippen molar-refractivity contribution in [1.29, 1.82) is 0 Å². The fourth-order valence-corrected chi connectivity index (χ4v) is 4.03. The summed E-state index contributed by atoms with van der Waals surface area (Å²) >= 11 is 0. The van der Waals surface area contributed by atoms with E-state index >= 15 is 0 Å². The molecule has 0 unspecified atom stereocenters. The van der Waals surface area contributed by atoms with Crippen molar-refractivity contribution in [3.8, 4) is 5.75 Å². The molecule has 0 saturated carbocycles. The molecule has 0 radical (unpaired) electrons. The second-order valence-corrected chi connectivity index (χ2v) is 7.82. The molecule has 30 heavy (non-hydrogen) atoms. The zero-order chi connectivity index (χ0) is 20.9. The minimum atomic E-state index is -0.283. The van der Waals surface area contributed by atoms with E-state index in [9.17, 15) is 14.0 Å². The Morgan fingerprint density at radius 2 is 1.87 bits per heavy atom. The molecule has 0 bridgehead atoms. The maximum absolute atomic E-state index is 14.0. The van der Waals surface area contributed by atoms with E-state index in [0.717, 1.165) is 52.1 Å². The van der Waals surface area contributed by atoms with Crippen LogP contribution in [0.1, 0.15) is 18.6 Å². The predicted octanol–water partition coefficient (Wildman–Crippen LogP) is 0.685. The molecule has 2 aliphatic rings. The SMILES string of the molecule is O=C(COc1coc(C[NH+]2CCN(c3ccccc3F)CC2)cc1=O)N1CCCC1. The van der Waals surface area contributed by atoms with Crippen LogP contribution in [0.4, 0.5) is 10.1 Å². The topological polar surface area (TPSA) is 67.4 Å². The van der Waals surface area contributed by atoms with Crippen LogP contribution in [0.2, 0.25) is 0 Å². The van der Waals surface area contributed by atoms with Crippen LogP contribution in [0, 0.1) is 5.82 Å². The summed E-state index contributed by atoms with van der Waals surface area (Å²) in [7, 11) is 0. The lowest BCUT2D eigenvalue weighted by Crippen LogP contribution is -3.13. The van der Waals surface area contributed by atoms with Gasteiger partial charge in [0.2, 0.25) is 11.2 Å². The second-order valence-electron chi connectivity index (χ2n) is 7.82. The Balaban J connectivity index is 1.28. The van der Waals surface area contributed by atoms with Gasteiger partial charge < -0.3 is 23.9 Å². The van der Waals surface area contributed by atoms with Crippen LogP contribution in [-0.2, 0) is 11.3 Å². The molecule has 1 aromatic carbocycles. The first kappa shape index (κ1) is 20.4. The van der Waals surface area contributed by atoms with Crippen molar-refractivity contribution in [2.24, 2.45) is 0 Å². The number of nitrogens with one attached hydrogen (secondary N) is 1. The minimum absolute atomic E-state index is 0.0608. The highest BCUT2D eigenvalue weighted by molar-refractivity contribution is 5.78. The summed E-state index contributed by atoms with van der Waals surface area (Å²) in [5.41, 5.74) is 0.350. The zero-order valence-electron chi connectivity index (χ0n) is 16.9. The first-order valence-electron chi connectivity index (χ1n) is 10.5. The van der Waals surface area contributed by atoms with Crippen LogP contribution in [0.25, 0.3) is 0 Å². The van der Waals surface area contributed by atoms with Crippen LogP contribution in [0.15, 0.2) is 45.8 Å². The number of rotatable bonds is 6. The van der Waals surface area contributed by atoms with Crippen molar-refractivity contribution >= 4 is 11.6 Å². The summed E-state index contributed by atoms with van der Waals surface area (Å²) in [4.78, 5) is 29.4. The second kappa shape index (κ2) is 9.30. The third-order valence-electron chi connectivity index (χ3n) is 5.75. The van der Waals surface area contributed by atoms with Gasteiger partial charge in [0.25, 0.3) is 5.91 Å². The number of piperazine rings is 1. The average molecular weight is 416 g/mol. The molecule has 4 rings (SSSR count). The molecule has 2 saturated heterocycles. The van der Waals surface area contributed by atoms with E-state index in [1.54, 1.807) is 17.0 Å². The summed E-state index contributed by atoms with van der Waals surface area (Å²) in [5.74, 6) is 0.331. The highest BCUT2D eigenvalue weighted by Crippen LogP contribution is 2.18. The first-order valence-corrected chi connectivity index (χ1v) is 10.5. The Morgan fingerprint density at radius 3 is 2.57 bits per heavy atom. The number of nitrogens with zero attached hydrogens (tertiary/aromatic N) is 2. The molecular weight excluding hydrogens is 389 g/mol. The molecule has 2 aliphatic heterocycles. The lowest BCUT2D eigenvalue weighted by molar-refractivity contribution is -0.915. The van der Waals surface area contributed by atoms with Gasteiger partial charge in [-0.2, -0.15) is 0 Å². The van der Waals surface area contributed by atoms with Crippen LogP contribution in [-0.4, -0.2) is 56.7 Å². The van der Waals surface area contributed by atoms with Gasteiger partial charge in [-0.1, -0.05) is 12.1 Å². The van der Waals surface area contributed by atoms with Crippen LogP contribution in [0.5, 0.6) is 5.75 Å². The summed E-state index contributed by atoms with van der Waals surface area (Å²) in [6.45, 7) is 5.05. The number of halogens is 1. The van der Waals surface area contributed by atoms with Gasteiger partial charge in [-0.25, -0.2) is 4.39 Å². The number of benzene rings is 1. The Morgan fingerprint density at radius 1 is 1.13 bits per heavy atom. The fourth-order valence-electron chi connectivity index (χ4n) is 4.03. The minimum Gasteiger partial charge on any atom is -0.477 e. The average Bonchev–Trinajstić information content (AvgIpc) is 3.29. The Hall–Kier alpha value is -2.87. The number of ether oxygens (including phenoxy) is 1. The van der Waals surface area contributed by atoms with Gasteiger partial charge in [-0.3, -0.25) is 9.59 Å². The number of amides is 1. The van der Waals surface area contributed by atoms with Gasteiger partial charge >= 0.3 is 0 Å². The van der Waals surface area contributed by atoms with Gasteiger partial charge in [0, 0.05) is 19.2 Å². The van der Waals surface area contributed by atoms with Crippen molar-refractivity contribution in [1.82, 2.24) is 4.90 Å². The molecule has 7 nitrogen and oxygen atoms in total. The lowest BCUT2D eigenvalue weighted by Gasteiger charge is -2.33. The van der Waals surface area contributed by atoms with Gasteiger partial charge in [-0.05, 0) is 25.0 Å². The fraction of sp³-hybridized carbons (Fsp3) is 0.455. The number of para-hydroxylation sites is 1. The van der Waals surface area contributed by atoms with Crippen molar-refractivity contribution < 1.29 is 23.2 Å². The number of carbonyl (C=O) groups is 1. The van der Waals surface area contributed by atoms with E-state index < -0.39 is 0 Å². The van der Waals surface area contributed by atoms with E-state index in [0.29, 0.717) is 18.0 Å². The van der Waals surface area contributed by atoms with E-state index in [4.69, 9.17) is 9.15 Å². The maximum Gasteiger partial charge on any atom is 0.260 e. The zero-order valence-corrected chi connectivity index (χ0v) is 16.9. The predicted molar refractivity (Wildman–Crippen MR) is 109 cm³/mol. The summed E-state index contributed by atoms with van der Waals surface area (Å²) in [5, 5.41) is 0. The summed E-state index contributed by atoms with van der Waals surface area (Å²) in [6.07, 6.45) is 3.32. The number of anilines is 1. The van der Waals surface area contributed by atoms with Gasteiger partial charge in [-0.15, -0.1) is 0 Å². The molecule has 1 N–H and O–H groups in total. The number of likely N-dealkylation sites (tertiary alicyclic amines) is 1. The van der Waals surface area contributed by atoms with Crippen molar-refractivity contribution in [2.45, 2.75) is 19.4 Å². The maximum atomic E-state index is 14.0. The summed E-state index contributed by atoms with van der Waals surface area (Å²) < 4.78 is 24.9. The normalized spacial score (nSPS) is 17.4.